The van der Waals surface area contributed by atoms with Gasteiger partial charge in [0.05, 0.1) is 5.41 Å². The van der Waals surface area contributed by atoms with E-state index in [1.54, 1.807) is 13.8 Å². The first kappa shape index (κ1) is 11.1. The molecule has 0 aromatic carbocycles. The maximum atomic E-state index is 11.3. The normalized spacial score (nSPS) is 11.5. The zero-order valence-electron chi connectivity index (χ0n) is 8.30. The second-order valence-electron chi connectivity index (χ2n) is 3.76. The van der Waals surface area contributed by atoms with Crippen LogP contribution in [-0.2, 0) is 14.3 Å². The van der Waals surface area contributed by atoms with E-state index in [0.717, 1.165) is 0 Å². The predicted molar refractivity (Wildman–Crippen MR) is 45.4 cm³/mol. The Kier molecular flexibility index (Phi) is 3.43. The molecule has 0 fully saturated rings. The highest BCUT2D eigenvalue weighted by molar-refractivity contribution is 5.87. The summed E-state index contributed by atoms with van der Waals surface area (Å²) in [6.07, 6.45) is 0. The van der Waals surface area contributed by atoms with Gasteiger partial charge in [0.1, 0.15) is 0 Å². The lowest BCUT2D eigenvalue weighted by Gasteiger charge is -2.25. The first-order valence-corrected chi connectivity index (χ1v) is 4.01. The van der Waals surface area contributed by atoms with Gasteiger partial charge in [0.25, 0.3) is 0 Å². The van der Waals surface area contributed by atoms with E-state index in [0.29, 0.717) is 0 Å². The Morgan fingerprint density at radius 2 is 1.67 bits per heavy atom. The highest BCUT2D eigenvalue weighted by Crippen LogP contribution is 2.27. The molecule has 3 nitrogen and oxygen atoms in total. The minimum Gasteiger partial charge on any atom is -0.393 e. The minimum absolute atomic E-state index is 0.157. The van der Waals surface area contributed by atoms with E-state index in [4.69, 9.17) is 0 Å². The van der Waals surface area contributed by atoms with Crippen molar-refractivity contribution in [3.05, 3.63) is 0 Å². The lowest BCUT2D eigenvalue weighted by atomic mass is 9.81. The smallest absolute Gasteiger partial charge is 0.319 e. The molecule has 0 atom stereocenters. The van der Waals surface area contributed by atoms with Gasteiger partial charge < -0.3 is 4.74 Å². The summed E-state index contributed by atoms with van der Waals surface area (Å²) in [6.45, 7) is 8.60. The van der Waals surface area contributed by atoms with Gasteiger partial charge in [0, 0.05) is 6.92 Å². The summed E-state index contributed by atoms with van der Waals surface area (Å²) in [5, 5.41) is 0. The molecule has 0 spiro atoms. The Hall–Kier alpha value is -0.860. The molecule has 0 aliphatic rings. The van der Waals surface area contributed by atoms with E-state index in [-0.39, 0.29) is 5.92 Å². The van der Waals surface area contributed by atoms with Gasteiger partial charge >= 0.3 is 11.9 Å². The Morgan fingerprint density at radius 1 is 1.25 bits per heavy atom. The second-order valence-corrected chi connectivity index (χ2v) is 3.76. The van der Waals surface area contributed by atoms with E-state index >= 15 is 0 Å². The number of carbonyl (C=O) groups excluding carboxylic acids is 2. The third-order valence-corrected chi connectivity index (χ3v) is 2.21. The first-order valence-electron chi connectivity index (χ1n) is 4.01. The number of ether oxygens (including phenoxy) is 1. The predicted octanol–water partition coefficient (Wildman–Crippen LogP) is 1.76. The van der Waals surface area contributed by atoms with E-state index in [2.05, 4.69) is 4.74 Å². The molecular weight excluding hydrogens is 156 g/mol. The third kappa shape index (κ3) is 2.64. The Labute approximate surface area is 73.1 Å². The standard InChI is InChI=1S/C9H16O3/c1-6(2)9(4,5)8(11)12-7(3)10/h6H,1-5H3. The van der Waals surface area contributed by atoms with Crippen LogP contribution in [0.5, 0.6) is 0 Å². The molecule has 0 amide bonds. The molecule has 0 radical (unpaired) electrons. The molecular formula is C9H16O3. The van der Waals surface area contributed by atoms with Gasteiger partial charge in [0.2, 0.25) is 0 Å². The largest absolute Gasteiger partial charge is 0.393 e. The van der Waals surface area contributed by atoms with Gasteiger partial charge in [0.15, 0.2) is 0 Å². The van der Waals surface area contributed by atoms with Gasteiger partial charge in [-0.1, -0.05) is 13.8 Å². The molecule has 0 N–H and O–H groups in total. The van der Waals surface area contributed by atoms with Crippen molar-refractivity contribution >= 4 is 11.9 Å². The summed E-state index contributed by atoms with van der Waals surface area (Å²) in [5.74, 6) is -0.844. The van der Waals surface area contributed by atoms with Crippen LogP contribution in [-0.4, -0.2) is 11.9 Å². The summed E-state index contributed by atoms with van der Waals surface area (Å²) in [7, 11) is 0. The van der Waals surface area contributed by atoms with Crippen LogP contribution in [0, 0.1) is 11.3 Å². The SMILES string of the molecule is CC(=O)OC(=O)C(C)(C)C(C)C. The molecule has 0 aliphatic heterocycles. The fraction of sp³-hybridized carbons (Fsp3) is 0.778. The van der Waals surface area contributed by atoms with Crippen LogP contribution in [0.2, 0.25) is 0 Å². The molecule has 0 unspecified atom stereocenters. The molecule has 0 aromatic rings. The van der Waals surface area contributed by atoms with Gasteiger partial charge in [-0.25, -0.2) is 0 Å². The number of esters is 2. The summed E-state index contributed by atoms with van der Waals surface area (Å²) in [6, 6.07) is 0. The molecule has 0 saturated heterocycles. The number of rotatable bonds is 2. The molecule has 0 bridgehead atoms. The van der Waals surface area contributed by atoms with Crippen molar-refractivity contribution in [3.8, 4) is 0 Å². The fourth-order valence-electron chi connectivity index (χ4n) is 0.498. The van der Waals surface area contributed by atoms with Crippen molar-refractivity contribution in [1.82, 2.24) is 0 Å². The van der Waals surface area contributed by atoms with Crippen LogP contribution >= 0.6 is 0 Å². The molecule has 3 heteroatoms. The highest BCUT2D eigenvalue weighted by Gasteiger charge is 2.33. The van der Waals surface area contributed by atoms with E-state index in [1.807, 2.05) is 13.8 Å². The zero-order valence-corrected chi connectivity index (χ0v) is 8.30. The van der Waals surface area contributed by atoms with Crippen molar-refractivity contribution < 1.29 is 14.3 Å². The monoisotopic (exact) mass is 172 g/mol. The van der Waals surface area contributed by atoms with E-state index in [9.17, 15) is 9.59 Å². The van der Waals surface area contributed by atoms with E-state index in [1.165, 1.54) is 6.92 Å². The number of carbonyl (C=O) groups is 2. The molecule has 0 aliphatic carbocycles. The van der Waals surface area contributed by atoms with Gasteiger partial charge in [-0.15, -0.1) is 0 Å². The summed E-state index contributed by atoms with van der Waals surface area (Å²) < 4.78 is 4.50. The van der Waals surface area contributed by atoms with Crippen molar-refractivity contribution in [3.63, 3.8) is 0 Å². The van der Waals surface area contributed by atoms with Crippen LogP contribution in [0.1, 0.15) is 34.6 Å². The maximum absolute atomic E-state index is 11.3. The van der Waals surface area contributed by atoms with Crippen LogP contribution in [0.25, 0.3) is 0 Å². The molecule has 0 saturated carbocycles. The topological polar surface area (TPSA) is 43.4 Å². The van der Waals surface area contributed by atoms with Crippen LogP contribution in [0.4, 0.5) is 0 Å². The molecule has 0 heterocycles. The van der Waals surface area contributed by atoms with Crippen LogP contribution < -0.4 is 0 Å². The Balaban J connectivity index is 4.36. The molecule has 12 heavy (non-hydrogen) atoms. The highest BCUT2D eigenvalue weighted by atomic mass is 16.6. The third-order valence-electron chi connectivity index (χ3n) is 2.21. The zero-order chi connectivity index (χ0) is 9.94. The lowest BCUT2D eigenvalue weighted by molar-refractivity contribution is -0.166. The quantitative estimate of drug-likeness (QED) is 0.471. The van der Waals surface area contributed by atoms with Crippen molar-refractivity contribution in [2.75, 3.05) is 0 Å². The summed E-state index contributed by atoms with van der Waals surface area (Å²) in [4.78, 5) is 21.8. The average Bonchev–Trinajstić information content (AvgIpc) is 1.85. The van der Waals surface area contributed by atoms with Crippen molar-refractivity contribution in [2.45, 2.75) is 34.6 Å². The van der Waals surface area contributed by atoms with Gasteiger partial charge in [-0.05, 0) is 19.8 Å². The minimum atomic E-state index is -0.592. The van der Waals surface area contributed by atoms with Gasteiger partial charge in [-0.3, -0.25) is 9.59 Å². The Morgan fingerprint density at radius 3 is 1.92 bits per heavy atom. The summed E-state index contributed by atoms with van der Waals surface area (Å²) >= 11 is 0. The Bertz CT molecular complexity index is 192. The number of hydrogen-bond donors (Lipinski definition) is 0. The molecule has 0 aromatic heterocycles. The maximum Gasteiger partial charge on any atom is 0.319 e. The fourth-order valence-corrected chi connectivity index (χ4v) is 0.498. The summed E-state index contributed by atoms with van der Waals surface area (Å²) in [5.41, 5.74) is -0.592. The molecule has 70 valence electrons. The first-order chi connectivity index (χ1) is 5.28. The van der Waals surface area contributed by atoms with Crippen molar-refractivity contribution in [2.24, 2.45) is 11.3 Å². The van der Waals surface area contributed by atoms with Crippen LogP contribution in [0.3, 0.4) is 0 Å². The van der Waals surface area contributed by atoms with Gasteiger partial charge in [-0.2, -0.15) is 0 Å². The van der Waals surface area contributed by atoms with E-state index < -0.39 is 17.4 Å². The second kappa shape index (κ2) is 3.70. The van der Waals surface area contributed by atoms with Crippen LogP contribution in [0.15, 0.2) is 0 Å². The lowest BCUT2D eigenvalue weighted by Crippen LogP contribution is -2.32. The average molecular weight is 172 g/mol. The molecule has 0 rings (SSSR count). The number of hydrogen-bond acceptors (Lipinski definition) is 3. The van der Waals surface area contributed by atoms with Crippen molar-refractivity contribution in [1.29, 1.82) is 0 Å².